The molecular formula is C21H20ClN3O5S2. The van der Waals surface area contributed by atoms with Gasteiger partial charge in [0, 0.05) is 31.1 Å². The zero-order chi connectivity index (χ0) is 23.1. The Bertz CT molecular complexity index is 1150. The second-order valence-corrected chi connectivity index (χ2v) is 9.90. The van der Waals surface area contributed by atoms with E-state index in [4.69, 9.17) is 11.6 Å². The molecule has 0 unspecified atom stereocenters. The van der Waals surface area contributed by atoms with E-state index in [1.165, 1.54) is 18.2 Å². The Morgan fingerprint density at radius 2 is 1.81 bits per heavy atom. The Labute approximate surface area is 195 Å². The largest absolute Gasteiger partial charge is 0.354 e. The van der Waals surface area contributed by atoms with Gasteiger partial charge in [-0.1, -0.05) is 48.0 Å². The number of benzene rings is 2. The molecule has 0 saturated carbocycles. The number of thioether (sulfide) groups is 1. The van der Waals surface area contributed by atoms with E-state index >= 15 is 0 Å². The van der Waals surface area contributed by atoms with Crippen LogP contribution in [0, 0.1) is 0 Å². The van der Waals surface area contributed by atoms with E-state index in [0.717, 1.165) is 22.2 Å². The first-order valence-electron chi connectivity index (χ1n) is 9.58. The maximum atomic E-state index is 12.5. The third-order valence-corrected chi connectivity index (χ3v) is 6.98. The fourth-order valence-corrected chi connectivity index (χ4v) is 5.00. The average Bonchev–Trinajstić information content (AvgIpc) is 3.01. The number of sulfonamides is 1. The standard InChI is InChI=1S/C21H20ClN3O5S2/c22-16-7-4-8-17(14-16)32(29,30)24-10-9-19(26)23-11-12-25-20(27)18(31-21(25)28)13-15-5-2-1-3-6-15/h1-8,13-14,24H,9-12H2,(H,23,26)/b18-13-. The predicted octanol–water partition coefficient (Wildman–Crippen LogP) is 2.86. The van der Waals surface area contributed by atoms with Gasteiger partial charge in [0.25, 0.3) is 11.1 Å². The molecule has 1 fully saturated rings. The van der Waals surface area contributed by atoms with Crippen LogP contribution in [0.4, 0.5) is 4.79 Å². The molecule has 0 radical (unpaired) electrons. The van der Waals surface area contributed by atoms with Crippen molar-refractivity contribution in [2.24, 2.45) is 0 Å². The van der Waals surface area contributed by atoms with Gasteiger partial charge in [-0.3, -0.25) is 19.3 Å². The van der Waals surface area contributed by atoms with Crippen molar-refractivity contribution >= 4 is 56.5 Å². The summed E-state index contributed by atoms with van der Waals surface area (Å²) in [5, 5.41) is 2.47. The summed E-state index contributed by atoms with van der Waals surface area (Å²) in [5.41, 5.74) is 0.812. The normalized spacial score (nSPS) is 15.4. The molecular weight excluding hydrogens is 474 g/mol. The number of hydrogen-bond acceptors (Lipinski definition) is 6. The van der Waals surface area contributed by atoms with Crippen molar-refractivity contribution in [1.82, 2.24) is 14.9 Å². The first-order chi connectivity index (χ1) is 15.3. The molecule has 2 N–H and O–H groups in total. The van der Waals surface area contributed by atoms with Gasteiger partial charge in [-0.2, -0.15) is 0 Å². The Morgan fingerprint density at radius 3 is 2.53 bits per heavy atom. The van der Waals surface area contributed by atoms with Gasteiger partial charge in [-0.25, -0.2) is 13.1 Å². The second-order valence-electron chi connectivity index (χ2n) is 6.70. The maximum absolute atomic E-state index is 12.5. The first-order valence-corrected chi connectivity index (χ1v) is 12.3. The summed E-state index contributed by atoms with van der Waals surface area (Å²) in [6, 6.07) is 15.0. The molecule has 1 heterocycles. The smallest absolute Gasteiger partial charge is 0.293 e. The molecule has 2 aromatic rings. The summed E-state index contributed by atoms with van der Waals surface area (Å²) in [4.78, 5) is 38.0. The molecule has 168 valence electrons. The van der Waals surface area contributed by atoms with E-state index in [9.17, 15) is 22.8 Å². The van der Waals surface area contributed by atoms with Crippen LogP contribution in [-0.4, -0.2) is 50.0 Å². The van der Waals surface area contributed by atoms with E-state index in [1.807, 2.05) is 30.3 Å². The molecule has 2 aromatic carbocycles. The van der Waals surface area contributed by atoms with Crippen molar-refractivity contribution in [1.29, 1.82) is 0 Å². The molecule has 0 aliphatic carbocycles. The number of imide groups is 1. The average molecular weight is 494 g/mol. The fourth-order valence-electron chi connectivity index (χ4n) is 2.81. The summed E-state index contributed by atoms with van der Waals surface area (Å²) in [7, 11) is -3.78. The highest BCUT2D eigenvalue weighted by atomic mass is 35.5. The summed E-state index contributed by atoms with van der Waals surface area (Å²) >= 11 is 6.65. The molecule has 0 spiro atoms. The van der Waals surface area contributed by atoms with E-state index in [2.05, 4.69) is 10.0 Å². The van der Waals surface area contributed by atoms with E-state index < -0.39 is 27.1 Å². The zero-order valence-corrected chi connectivity index (χ0v) is 19.2. The molecule has 11 heteroatoms. The minimum Gasteiger partial charge on any atom is -0.354 e. The summed E-state index contributed by atoms with van der Waals surface area (Å²) < 4.78 is 26.7. The van der Waals surface area contributed by atoms with Gasteiger partial charge < -0.3 is 5.32 Å². The number of nitrogens with zero attached hydrogens (tertiary/aromatic N) is 1. The van der Waals surface area contributed by atoms with E-state index in [1.54, 1.807) is 12.1 Å². The summed E-state index contributed by atoms with van der Waals surface area (Å²) in [6.45, 7) is -0.0185. The Kier molecular flexibility index (Phi) is 8.08. The molecule has 0 bridgehead atoms. The number of carbonyl (C=O) groups is 3. The minimum absolute atomic E-state index is 0.00771. The molecule has 0 atom stereocenters. The molecule has 3 rings (SSSR count). The van der Waals surface area contributed by atoms with Crippen molar-refractivity contribution in [2.45, 2.75) is 11.3 Å². The van der Waals surface area contributed by atoms with Gasteiger partial charge in [0.05, 0.1) is 9.80 Å². The molecule has 3 amide bonds. The molecule has 1 aliphatic rings. The molecule has 32 heavy (non-hydrogen) atoms. The number of halogens is 1. The highest BCUT2D eigenvalue weighted by Crippen LogP contribution is 2.31. The molecule has 1 aliphatic heterocycles. The van der Waals surface area contributed by atoms with Crippen LogP contribution in [0.1, 0.15) is 12.0 Å². The Balaban J connectivity index is 1.43. The maximum Gasteiger partial charge on any atom is 0.293 e. The first kappa shape index (κ1) is 24.0. The molecule has 1 saturated heterocycles. The third-order valence-electron chi connectivity index (χ3n) is 4.38. The zero-order valence-electron chi connectivity index (χ0n) is 16.8. The van der Waals surface area contributed by atoms with E-state index in [-0.39, 0.29) is 36.0 Å². The topological polar surface area (TPSA) is 113 Å². The van der Waals surface area contributed by atoms with Gasteiger partial charge >= 0.3 is 0 Å². The van der Waals surface area contributed by atoms with Gasteiger partial charge in [-0.15, -0.1) is 0 Å². The number of amides is 3. The van der Waals surface area contributed by atoms with Crippen molar-refractivity contribution < 1.29 is 22.8 Å². The van der Waals surface area contributed by atoms with Crippen molar-refractivity contribution in [3.05, 3.63) is 70.1 Å². The molecule has 8 nitrogen and oxygen atoms in total. The summed E-state index contributed by atoms with van der Waals surface area (Å²) in [5.74, 6) is -0.821. The van der Waals surface area contributed by atoms with Crippen LogP contribution in [0.3, 0.4) is 0 Å². The van der Waals surface area contributed by atoms with Gasteiger partial charge in [0.15, 0.2) is 0 Å². The van der Waals surface area contributed by atoms with Crippen molar-refractivity contribution in [3.63, 3.8) is 0 Å². The second kappa shape index (κ2) is 10.8. The quantitative estimate of drug-likeness (QED) is 0.519. The lowest BCUT2D eigenvalue weighted by Crippen LogP contribution is -2.38. The van der Waals surface area contributed by atoms with Gasteiger partial charge in [-0.05, 0) is 41.6 Å². The SMILES string of the molecule is O=C(CCNS(=O)(=O)c1cccc(Cl)c1)NCCN1C(=O)S/C(=C\c2ccccc2)C1=O. The lowest BCUT2D eigenvalue weighted by atomic mass is 10.2. The Morgan fingerprint density at radius 1 is 1.06 bits per heavy atom. The van der Waals surface area contributed by atoms with Crippen LogP contribution in [0.25, 0.3) is 6.08 Å². The van der Waals surface area contributed by atoms with Crippen LogP contribution in [0.2, 0.25) is 5.02 Å². The fraction of sp³-hybridized carbons (Fsp3) is 0.190. The van der Waals surface area contributed by atoms with Crippen LogP contribution >= 0.6 is 23.4 Å². The highest BCUT2D eigenvalue weighted by molar-refractivity contribution is 8.18. The number of hydrogen-bond donors (Lipinski definition) is 2. The third kappa shape index (κ3) is 6.42. The van der Waals surface area contributed by atoms with Crippen LogP contribution in [-0.2, 0) is 19.6 Å². The highest BCUT2D eigenvalue weighted by Gasteiger charge is 2.34. The predicted molar refractivity (Wildman–Crippen MR) is 123 cm³/mol. The van der Waals surface area contributed by atoms with Gasteiger partial charge in [0.1, 0.15) is 0 Å². The Hall–Kier alpha value is -2.66. The number of rotatable bonds is 9. The minimum atomic E-state index is -3.78. The van der Waals surface area contributed by atoms with Gasteiger partial charge in [0.2, 0.25) is 15.9 Å². The van der Waals surface area contributed by atoms with Crippen molar-refractivity contribution in [3.8, 4) is 0 Å². The number of carbonyl (C=O) groups excluding carboxylic acids is 3. The van der Waals surface area contributed by atoms with E-state index in [0.29, 0.717) is 4.91 Å². The lowest BCUT2D eigenvalue weighted by Gasteiger charge is -2.13. The number of nitrogens with one attached hydrogen (secondary N) is 2. The van der Waals surface area contributed by atoms with Crippen LogP contribution in [0.15, 0.2) is 64.4 Å². The lowest BCUT2D eigenvalue weighted by molar-refractivity contribution is -0.124. The van der Waals surface area contributed by atoms with Crippen LogP contribution in [0.5, 0.6) is 0 Å². The van der Waals surface area contributed by atoms with Crippen LogP contribution < -0.4 is 10.0 Å². The molecule has 0 aromatic heterocycles. The summed E-state index contributed by atoms with van der Waals surface area (Å²) in [6.07, 6.45) is 1.55. The monoisotopic (exact) mass is 493 g/mol. The van der Waals surface area contributed by atoms with Crippen molar-refractivity contribution in [2.75, 3.05) is 19.6 Å².